The van der Waals surface area contributed by atoms with E-state index in [-0.39, 0.29) is 50.3 Å². The number of halogens is 1. The van der Waals surface area contributed by atoms with Crippen LogP contribution in [0.1, 0.15) is 36.8 Å². The van der Waals surface area contributed by atoms with Gasteiger partial charge in [0.05, 0.1) is 59.2 Å². The highest BCUT2D eigenvalue weighted by Crippen LogP contribution is 2.49. The molecule has 4 rings (SSSR count). The molecule has 1 aromatic heterocycles. The van der Waals surface area contributed by atoms with Gasteiger partial charge < -0.3 is 33.0 Å². The van der Waals surface area contributed by atoms with E-state index in [2.05, 4.69) is 53.5 Å². The third-order valence-corrected chi connectivity index (χ3v) is 7.95. The topological polar surface area (TPSA) is 112 Å². The van der Waals surface area contributed by atoms with E-state index in [0.29, 0.717) is 31.5 Å². The Bertz CT molecular complexity index is 1500. The summed E-state index contributed by atoms with van der Waals surface area (Å²) in [4.78, 5) is 35.5. The molecular formula is C36H42ClNO9. The number of benzene rings is 2. The molecule has 1 unspecified atom stereocenters. The summed E-state index contributed by atoms with van der Waals surface area (Å²) in [5.41, 5.74) is 5.31. The Labute approximate surface area is 280 Å². The van der Waals surface area contributed by atoms with Crippen LogP contribution in [0, 0.1) is 5.41 Å². The first kappa shape index (κ1) is 35.9. The van der Waals surface area contributed by atoms with Crippen molar-refractivity contribution in [1.82, 2.24) is 4.57 Å². The maximum Gasteiger partial charge on any atom is 0.331 e. The first-order chi connectivity index (χ1) is 22.7. The minimum absolute atomic E-state index is 0.0315. The summed E-state index contributed by atoms with van der Waals surface area (Å²) in [6.07, 6.45) is 2.99. The maximum absolute atomic E-state index is 13.1. The Balaban J connectivity index is 1.19. The van der Waals surface area contributed by atoms with Crippen LogP contribution in [0.3, 0.4) is 0 Å². The third kappa shape index (κ3) is 10.5. The van der Waals surface area contributed by atoms with Crippen molar-refractivity contribution in [3.05, 3.63) is 94.8 Å². The number of esters is 3. The molecule has 0 saturated heterocycles. The van der Waals surface area contributed by atoms with Crippen LogP contribution >= 0.6 is 11.6 Å². The van der Waals surface area contributed by atoms with Crippen LogP contribution in [0.4, 0.5) is 0 Å². The first-order valence-electron chi connectivity index (χ1n) is 15.5. The molecule has 0 saturated carbocycles. The van der Waals surface area contributed by atoms with E-state index in [9.17, 15) is 14.4 Å². The van der Waals surface area contributed by atoms with Crippen molar-refractivity contribution in [1.29, 1.82) is 0 Å². The van der Waals surface area contributed by atoms with Gasteiger partial charge in [0.1, 0.15) is 13.2 Å². The van der Waals surface area contributed by atoms with Crippen molar-refractivity contribution >= 4 is 29.5 Å². The van der Waals surface area contributed by atoms with Gasteiger partial charge in [0.25, 0.3) is 0 Å². The molecule has 0 aliphatic carbocycles. The van der Waals surface area contributed by atoms with E-state index >= 15 is 0 Å². The summed E-state index contributed by atoms with van der Waals surface area (Å²) in [5, 5.41) is 0.659. The molecule has 1 aliphatic heterocycles. The molecule has 10 nitrogen and oxygen atoms in total. The fourth-order valence-corrected chi connectivity index (χ4v) is 5.81. The average molecular weight is 668 g/mol. The van der Waals surface area contributed by atoms with E-state index in [1.54, 1.807) is 0 Å². The van der Waals surface area contributed by atoms with Gasteiger partial charge in [-0.05, 0) is 41.2 Å². The lowest BCUT2D eigenvalue weighted by Gasteiger charge is -2.30. The van der Waals surface area contributed by atoms with Gasteiger partial charge >= 0.3 is 17.9 Å². The Hall–Kier alpha value is -3.96. The van der Waals surface area contributed by atoms with E-state index in [1.165, 1.54) is 18.4 Å². The number of rotatable bonds is 18. The van der Waals surface area contributed by atoms with Crippen LogP contribution in [0.25, 0.3) is 11.1 Å². The minimum atomic E-state index is -0.658. The highest BCUT2D eigenvalue weighted by Gasteiger charge is 2.42. The molecule has 0 spiro atoms. The van der Waals surface area contributed by atoms with Crippen LogP contribution in [-0.2, 0) is 55.6 Å². The van der Waals surface area contributed by atoms with E-state index < -0.39 is 11.9 Å². The van der Waals surface area contributed by atoms with Gasteiger partial charge in [-0.3, -0.25) is 4.79 Å². The van der Waals surface area contributed by atoms with Gasteiger partial charge in [-0.25, -0.2) is 9.59 Å². The molecule has 47 heavy (non-hydrogen) atoms. The van der Waals surface area contributed by atoms with Crippen molar-refractivity contribution in [3.8, 4) is 11.1 Å². The monoisotopic (exact) mass is 667 g/mol. The van der Waals surface area contributed by atoms with Crippen LogP contribution in [0.5, 0.6) is 0 Å². The standard InChI is InChI=1S/C36H42ClNO9/c1-36(2)25-29-23-30(26-9-11-28(37)12-10-26)31(38(29)35(36)27-7-5-4-6-8-27)24-34(41)47-22-20-45-18-16-43-15-17-44-19-21-46-33(40)14-13-32(39)42-3/h4-14,23,35H,15-22,24-25H2,1-3H3/b14-13+. The quantitative estimate of drug-likeness (QED) is 0.0763. The van der Waals surface area contributed by atoms with Gasteiger partial charge in [-0.2, -0.15) is 0 Å². The normalized spacial score (nSPS) is 15.0. The molecule has 0 fully saturated rings. The van der Waals surface area contributed by atoms with Gasteiger partial charge in [0.2, 0.25) is 0 Å². The number of carbonyl (C=O) groups is 3. The number of hydrogen-bond donors (Lipinski definition) is 0. The molecule has 0 bridgehead atoms. The predicted molar refractivity (Wildman–Crippen MR) is 176 cm³/mol. The number of hydrogen-bond acceptors (Lipinski definition) is 9. The second kappa shape index (κ2) is 17.8. The highest BCUT2D eigenvalue weighted by molar-refractivity contribution is 6.30. The average Bonchev–Trinajstić information content (AvgIpc) is 3.52. The van der Waals surface area contributed by atoms with Crippen molar-refractivity contribution in [2.24, 2.45) is 5.41 Å². The Kier molecular flexibility index (Phi) is 13.6. The Morgan fingerprint density at radius 1 is 0.809 bits per heavy atom. The van der Waals surface area contributed by atoms with Gasteiger partial charge in [0, 0.05) is 34.1 Å². The molecule has 3 aromatic rings. The number of carbonyl (C=O) groups excluding carboxylic acids is 3. The highest BCUT2D eigenvalue weighted by atomic mass is 35.5. The van der Waals surface area contributed by atoms with Crippen molar-refractivity contribution < 1.29 is 42.8 Å². The lowest BCUT2D eigenvalue weighted by Crippen LogP contribution is -2.25. The van der Waals surface area contributed by atoms with E-state index in [0.717, 1.165) is 35.4 Å². The molecule has 11 heteroatoms. The summed E-state index contributed by atoms with van der Waals surface area (Å²) in [6, 6.07) is 20.4. The van der Waals surface area contributed by atoms with Crippen LogP contribution in [0.2, 0.25) is 5.02 Å². The number of nitrogens with zero attached hydrogens (tertiary/aromatic N) is 1. The number of ether oxygens (including phenoxy) is 6. The second-order valence-electron chi connectivity index (χ2n) is 11.6. The Morgan fingerprint density at radius 2 is 1.38 bits per heavy atom. The van der Waals surface area contributed by atoms with Crippen LogP contribution < -0.4 is 0 Å². The molecule has 2 heterocycles. The molecule has 0 amide bonds. The summed E-state index contributed by atoms with van der Waals surface area (Å²) in [5.74, 6) is -1.61. The predicted octanol–water partition coefficient (Wildman–Crippen LogP) is 5.39. The Morgan fingerprint density at radius 3 is 2.00 bits per heavy atom. The largest absolute Gasteiger partial charge is 0.466 e. The number of aromatic nitrogens is 1. The third-order valence-electron chi connectivity index (χ3n) is 7.70. The van der Waals surface area contributed by atoms with Crippen molar-refractivity contribution in [2.45, 2.75) is 32.7 Å². The SMILES string of the molecule is COC(=O)/C=C/C(=O)OCCOCCOCCOCCOC(=O)Cc1c(-c2ccc(Cl)cc2)cc2n1C(c1ccccc1)C(C)(C)C2. The zero-order valence-corrected chi connectivity index (χ0v) is 27.8. The zero-order valence-electron chi connectivity index (χ0n) is 27.1. The smallest absolute Gasteiger partial charge is 0.331 e. The second-order valence-corrected chi connectivity index (χ2v) is 12.0. The van der Waals surface area contributed by atoms with Crippen molar-refractivity contribution in [2.75, 3.05) is 60.0 Å². The fourth-order valence-electron chi connectivity index (χ4n) is 5.69. The number of fused-ring (bicyclic) bond motifs is 1. The summed E-state index contributed by atoms with van der Waals surface area (Å²) < 4.78 is 33.6. The zero-order chi connectivity index (χ0) is 33.6. The van der Waals surface area contributed by atoms with Crippen LogP contribution in [-0.4, -0.2) is 82.4 Å². The molecular weight excluding hydrogens is 626 g/mol. The molecule has 0 radical (unpaired) electrons. The lowest BCUT2D eigenvalue weighted by molar-refractivity contribution is -0.144. The molecule has 1 aliphatic rings. The molecule has 0 N–H and O–H groups in total. The molecule has 252 valence electrons. The van der Waals surface area contributed by atoms with Gasteiger partial charge in [0.15, 0.2) is 0 Å². The maximum atomic E-state index is 13.1. The van der Waals surface area contributed by atoms with Gasteiger partial charge in [-0.15, -0.1) is 0 Å². The fraction of sp³-hybridized carbons (Fsp3) is 0.417. The number of methoxy groups -OCH3 is 1. The molecule has 2 aromatic carbocycles. The van der Waals surface area contributed by atoms with Crippen LogP contribution in [0.15, 0.2) is 72.8 Å². The summed E-state index contributed by atoms with van der Waals surface area (Å²) >= 11 is 6.18. The van der Waals surface area contributed by atoms with E-state index in [4.69, 9.17) is 35.3 Å². The summed E-state index contributed by atoms with van der Waals surface area (Å²) in [7, 11) is 1.22. The van der Waals surface area contributed by atoms with Gasteiger partial charge in [-0.1, -0.05) is 67.9 Å². The van der Waals surface area contributed by atoms with Crippen molar-refractivity contribution in [3.63, 3.8) is 0 Å². The van der Waals surface area contributed by atoms with E-state index in [1.807, 2.05) is 30.3 Å². The summed E-state index contributed by atoms with van der Waals surface area (Å²) in [6.45, 7) is 6.50. The lowest BCUT2D eigenvalue weighted by atomic mass is 9.79. The first-order valence-corrected chi connectivity index (χ1v) is 15.9. The molecule has 1 atom stereocenters. The minimum Gasteiger partial charge on any atom is -0.466 e.